The molecule has 0 amide bonds. The number of rotatable bonds is 5. The number of amidine groups is 1. The lowest BCUT2D eigenvalue weighted by Crippen LogP contribution is -2.31. The Morgan fingerprint density at radius 1 is 1.16 bits per heavy atom. The summed E-state index contributed by atoms with van der Waals surface area (Å²) < 4.78 is 11.9. The second kappa shape index (κ2) is 7.89. The number of aromatic nitrogens is 2. The van der Waals surface area contributed by atoms with Gasteiger partial charge in [-0.2, -0.15) is 0 Å². The summed E-state index contributed by atoms with van der Waals surface area (Å²) in [5, 5.41) is 0. The van der Waals surface area contributed by atoms with Crippen LogP contribution in [0.2, 0.25) is 0 Å². The van der Waals surface area contributed by atoms with Crippen LogP contribution in [0.5, 0.6) is 11.6 Å². The number of hydrogen-bond acceptors (Lipinski definition) is 7. The number of pyridine rings is 2. The third-order valence-corrected chi connectivity index (χ3v) is 7.15. The minimum Gasteiger partial charge on any atom is -0.462 e. The van der Waals surface area contributed by atoms with E-state index in [1.165, 1.54) is 0 Å². The van der Waals surface area contributed by atoms with Gasteiger partial charge in [0.1, 0.15) is 12.4 Å². The summed E-state index contributed by atoms with van der Waals surface area (Å²) in [6.45, 7) is 4.79. The maximum Gasteiger partial charge on any atom is 0.283 e. The van der Waals surface area contributed by atoms with Crippen LogP contribution in [0.1, 0.15) is 31.4 Å². The highest BCUT2D eigenvalue weighted by molar-refractivity contribution is 7.99. The molecule has 1 aromatic carbocycles. The second-order valence-corrected chi connectivity index (χ2v) is 9.10. The van der Waals surface area contributed by atoms with E-state index in [0.717, 1.165) is 45.1 Å². The molecule has 0 bridgehead atoms. The predicted octanol–water partition coefficient (Wildman–Crippen LogP) is 4.98. The first kappa shape index (κ1) is 19.9. The standard InChI is InChI=1S/C24H24N4O2S/c1-3-15(2)13-31-18-10-20-22(27-12-18)30-21-7-6-16(17-5-4-8-26-11-17)9-19(21)24(20)14-29-23(25)28-24/h4-12,15H,3,13-14H2,1-2H3,(H2,25,28). The van der Waals surface area contributed by atoms with Gasteiger partial charge in [-0.15, -0.1) is 11.8 Å². The summed E-state index contributed by atoms with van der Waals surface area (Å²) in [5.41, 5.74) is 9.11. The Bertz CT molecular complexity index is 1150. The highest BCUT2D eigenvalue weighted by Crippen LogP contribution is 2.51. The number of nitrogens with zero attached hydrogens (tertiary/aromatic N) is 3. The SMILES string of the molecule is CCC(C)CSc1cnc2c(c1)C1(COC(N)=N1)c1cc(-c3cccnc3)ccc1O2. The molecule has 1 spiro atoms. The molecule has 0 fully saturated rings. The summed E-state index contributed by atoms with van der Waals surface area (Å²) in [4.78, 5) is 14.7. The number of thioether (sulfide) groups is 1. The molecule has 2 N–H and O–H groups in total. The van der Waals surface area contributed by atoms with Gasteiger partial charge >= 0.3 is 0 Å². The van der Waals surface area contributed by atoms with Gasteiger partial charge in [0.2, 0.25) is 5.88 Å². The van der Waals surface area contributed by atoms with Crippen LogP contribution in [0.15, 0.2) is 64.9 Å². The number of ether oxygens (including phenoxy) is 2. The smallest absolute Gasteiger partial charge is 0.283 e. The number of hydrogen-bond donors (Lipinski definition) is 1. The second-order valence-electron chi connectivity index (χ2n) is 8.00. The minimum atomic E-state index is -0.773. The Kier molecular flexibility index (Phi) is 5.06. The first-order chi connectivity index (χ1) is 15.1. The molecule has 2 aliphatic rings. The van der Waals surface area contributed by atoms with Crippen molar-refractivity contribution in [3.63, 3.8) is 0 Å². The van der Waals surface area contributed by atoms with Crippen LogP contribution >= 0.6 is 11.8 Å². The van der Waals surface area contributed by atoms with Gasteiger partial charge < -0.3 is 15.2 Å². The van der Waals surface area contributed by atoms with E-state index in [1.807, 2.05) is 36.7 Å². The van der Waals surface area contributed by atoms with Gasteiger partial charge in [0.25, 0.3) is 6.02 Å². The number of fused-ring (bicyclic) bond motifs is 4. The predicted molar refractivity (Wildman–Crippen MR) is 123 cm³/mol. The molecule has 0 saturated carbocycles. The molecule has 2 atom stereocenters. The third kappa shape index (κ3) is 3.53. The molecule has 31 heavy (non-hydrogen) atoms. The molecule has 5 rings (SSSR count). The molecule has 0 aliphatic carbocycles. The Morgan fingerprint density at radius 2 is 2.06 bits per heavy atom. The van der Waals surface area contributed by atoms with E-state index >= 15 is 0 Å². The molecule has 7 heteroatoms. The zero-order chi connectivity index (χ0) is 21.4. The van der Waals surface area contributed by atoms with Gasteiger partial charge in [0, 0.05) is 40.4 Å². The normalized spacial score (nSPS) is 19.7. The molecule has 2 unspecified atom stereocenters. The Labute approximate surface area is 185 Å². The molecule has 6 nitrogen and oxygen atoms in total. The van der Waals surface area contributed by atoms with Crippen molar-refractivity contribution in [3.8, 4) is 22.8 Å². The average molecular weight is 433 g/mol. The lowest BCUT2D eigenvalue weighted by Gasteiger charge is -2.33. The van der Waals surface area contributed by atoms with E-state index in [0.29, 0.717) is 18.4 Å². The van der Waals surface area contributed by atoms with Crippen LogP contribution < -0.4 is 10.5 Å². The van der Waals surface area contributed by atoms with Crippen molar-refractivity contribution in [2.75, 3.05) is 12.4 Å². The summed E-state index contributed by atoms with van der Waals surface area (Å²) in [6.07, 6.45) is 6.64. The van der Waals surface area contributed by atoms with Crippen LogP contribution in [0.3, 0.4) is 0 Å². The Balaban J connectivity index is 1.61. The van der Waals surface area contributed by atoms with E-state index in [-0.39, 0.29) is 6.02 Å². The summed E-state index contributed by atoms with van der Waals surface area (Å²) in [6, 6.07) is 12.3. The first-order valence-corrected chi connectivity index (χ1v) is 11.4. The minimum absolute atomic E-state index is 0.184. The summed E-state index contributed by atoms with van der Waals surface area (Å²) in [7, 11) is 0. The van der Waals surface area contributed by atoms with Gasteiger partial charge in [-0.3, -0.25) is 4.98 Å². The zero-order valence-electron chi connectivity index (χ0n) is 17.5. The molecule has 0 radical (unpaired) electrons. The van der Waals surface area contributed by atoms with Crippen molar-refractivity contribution in [1.82, 2.24) is 9.97 Å². The van der Waals surface area contributed by atoms with Crippen LogP contribution in [0, 0.1) is 5.92 Å². The Hall–Kier alpha value is -3.06. The van der Waals surface area contributed by atoms with Gasteiger partial charge in [-0.05, 0) is 35.7 Å². The van der Waals surface area contributed by atoms with Crippen LogP contribution in [0.25, 0.3) is 11.1 Å². The molecular formula is C24H24N4O2S. The quantitative estimate of drug-likeness (QED) is 0.573. The lowest BCUT2D eigenvalue weighted by molar-refractivity contribution is 0.262. The van der Waals surface area contributed by atoms with Crippen molar-refractivity contribution in [2.45, 2.75) is 30.7 Å². The van der Waals surface area contributed by atoms with E-state index < -0.39 is 5.54 Å². The van der Waals surface area contributed by atoms with Gasteiger partial charge in [-0.1, -0.05) is 32.4 Å². The maximum atomic E-state index is 6.19. The third-order valence-electron chi connectivity index (χ3n) is 5.86. The largest absolute Gasteiger partial charge is 0.462 e. The van der Waals surface area contributed by atoms with E-state index in [4.69, 9.17) is 20.2 Å². The molecule has 0 saturated heterocycles. The van der Waals surface area contributed by atoms with Gasteiger partial charge in [0.15, 0.2) is 5.54 Å². The lowest BCUT2D eigenvalue weighted by atomic mass is 9.81. The highest BCUT2D eigenvalue weighted by Gasteiger charge is 2.47. The summed E-state index contributed by atoms with van der Waals surface area (Å²) >= 11 is 1.80. The maximum absolute atomic E-state index is 6.19. The fraction of sp³-hybridized carbons (Fsp3) is 0.292. The molecule has 158 valence electrons. The van der Waals surface area contributed by atoms with Crippen molar-refractivity contribution in [3.05, 3.63) is 66.1 Å². The van der Waals surface area contributed by atoms with Gasteiger partial charge in [0.05, 0.1) is 5.56 Å². The first-order valence-electron chi connectivity index (χ1n) is 10.4. The number of benzene rings is 1. The van der Waals surface area contributed by atoms with Crippen LogP contribution in [-0.4, -0.2) is 28.3 Å². The number of aliphatic imine (C=N–C) groups is 1. The monoisotopic (exact) mass is 432 g/mol. The van der Waals surface area contributed by atoms with Gasteiger partial charge in [-0.25, -0.2) is 9.98 Å². The van der Waals surface area contributed by atoms with Crippen LogP contribution in [-0.2, 0) is 10.3 Å². The number of nitrogens with two attached hydrogens (primary N) is 1. The molecule has 2 aliphatic heterocycles. The van der Waals surface area contributed by atoms with E-state index in [1.54, 1.807) is 18.0 Å². The van der Waals surface area contributed by atoms with Crippen molar-refractivity contribution in [1.29, 1.82) is 0 Å². The van der Waals surface area contributed by atoms with E-state index in [2.05, 4.69) is 35.9 Å². The molecular weight excluding hydrogens is 408 g/mol. The average Bonchev–Trinajstić information content (AvgIpc) is 3.20. The van der Waals surface area contributed by atoms with Crippen molar-refractivity contribution < 1.29 is 9.47 Å². The van der Waals surface area contributed by atoms with Crippen LogP contribution in [0.4, 0.5) is 0 Å². The zero-order valence-corrected chi connectivity index (χ0v) is 18.4. The fourth-order valence-electron chi connectivity index (χ4n) is 3.86. The highest BCUT2D eigenvalue weighted by atomic mass is 32.2. The topological polar surface area (TPSA) is 82.6 Å². The molecule has 4 heterocycles. The summed E-state index contributed by atoms with van der Waals surface area (Å²) in [5.74, 6) is 2.94. The van der Waals surface area contributed by atoms with Crippen molar-refractivity contribution >= 4 is 17.8 Å². The van der Waals surface area contributed by atoms with E-state index in [9.17, 15) is 0 Å². The van der Waals surface area contributed by atoms with Crippen molar-refractivity contribution in [2.24, 2.45) is 16.6 Å². The molecule has 2 aromatic heterocycles. The Morgan fingerprint density at radius 3 is 2.81 bits per heavy atom. The molecule has 3 aromatic rings. The fourth-order valence-corrected chi connectivity index (χ4v) is 4.90.